The summed E-state index contributed by atoms with van der Waals surface area (Å²) in [6, 6.07) is 6.60. The van der Waals surface area contributed by atoms with Crippen LogP contribution in [-0.2, 0) is 0 Å². The smallest absolute Gasteiger partial charge is 0.387 e. The second kappa shape index (κ2) is 4.25. The van der Waals surface area contributed by atoms with Crippen LogP contribution in [0.2, 0.25) is 0 Å². The van der Waals surface area contributed by atoms with Gasteiger partial charge in [0.15, 0.2) is 0 Å². The maximum absolute atomic E-state index is 11.9. The van der Waals surface area contributed by atoms with E-state index in [1.807, 2.05) is 0 Å². The van der Waals surface area contributed by atoms with Gasteiger partial charge in [-0.25, -0.2) is 0 Å². The Morgan fingerprint density at radius 2 is 2.07 bits per heavy atom. The number of rotatable bonds is 3. The van der Waals surface area contributed by atoms with Crippen molar-refractivity contribution in [3.8, 4) is 5.75 Å². The summed E-state index contributed by atoms with van der Waals surface area (Å²) in [6.45, 7) is -2.03. The number of hydrogen-bond acceptors (Lipinski definition) is 3. The van der Waals surface area contributed by atoms with E-state index in [1.165, 1.54) is 12.1 Å². The molecule has 0 saturated carbocycles. The molecular weight excluding hydrogens is 202 g/mol. The Morgan fingerprint density at radius 1 is 1.33 bits per heavy atom. The third-order valence-electron chi connectivity index (χ3n) is 2.19. The lowest BCUT2D eigenvalue weighted by molar-refractivity contribution is -0.0498. The van der Waals surface area contributed by atoms with E-state index in [0.717, 1.165) is 12.1 Å². The highest BCUT2D eigenvalue weighted by Crippen LogP contribution is 2.20. The zero-order chi connectivity index (χ0) is 10.7. The lowest BCUT2D eigenvalue weighted by atomic mass is 10.0. The molecule has 5 heteroatoms. The number of hydrazone groups is 1. The molecule has 1 unspecified atom stereocenters. The van der Waals surface area contributed by atoms with E-state index < -0.39 is 6.61 Å². The van der Waals surface area contributed by atoms with Crippen LogP contribution >= 0.6 is 0 Å². The topological polar surface area (TPSA) is 33.6 Å². The van der Waals surface area contributed by atoms with Crippen LogP contribution in [0.3, 0.4) is 0 Å². The van der Waals surface area contributed by atoms with E-state index >= 15 is 0 Å². The Bertz CT molecular complexity index is 351. The first-order valence-corrected chi connectivity index (χ1v) is 4.56. The van der Waals surface area contributed by atoms with Crippen LogP contribution in [0.5, 0.6) is 5.75 Å². The average molecular weight is 212 g/mol. The van der Waals surface area contributed by atoms with E-state index in [9.17, 15) is 8.78 Å². The zero-order valence-electron chi connectivity index (χ0n) is 7.86. The SMILES string of the molecule is FC(F)Oc1ccc(C2C=NNC2)cc1. The van der Waals surface area contributed by atoms with Crippen LogP contribution in [0.15, 0.2) is 29.4 Å². The number of ether oxygens (including phenoxy) is 1. The zero-order valence-corrected chi connectivity index (χ0v) is 7.86. The van der Waals surface area contributed by atoms with E-state index in [1.54, 1.807) is 18.3 Å². The Morgan fingerprint density at radius 3 is 2.60 bits per heavy atom. The number of hydrogen-bond donors (Lipinski definition) is 1. The largest absolute Gasteiger partial charge is 0.435 e. The highest BCUT2D eigenvalue weighted by molar-refractivity contribution is 5.69. The summed E-state index contributed by atoms with van der Waals surface area (Å²) in [4.78, 5) is 0. The third kappa shape index (κ3) is 2.43. The molecule has 1 aliphatic heterocycles. The lowest BCUT2D eigenvalue weighted by Gasteiger charge is -2.08. The fourth-order valence-electron chi connectivity index (χ4n) is 1.45. The second-order valence-corrected chi connectivity index (χ2v) is 3.19. The molecule has 1 N–H and O–H groups in total. The van der Waals surface area contributed by atoms with Crippen LogP contribution in [-0.4, -0.2) is 19.4 Å². The van der Waals surface area contributed by atoms with Gasteiger partial charge in [0.1, 0.15) is 5.75 Å². The Labute approximate surface area is 85.7 Å². The highest BCUT2D eigenvalue weighted by Gasteiger charge is 2.13. The molecule has 1 aromatic rings. The minimum Gasteiger partial charge on any atom is -0.435 e. The molecule has 15 heavy (non-hydrogen) atoms. The van der Waals surface area contributed by atoms with Gasteiger partial charge in [0.25, 0.3) is 0 Å². The number of nitrogens with zero attached hydrogens (tertiary/aromatic N) is 1. The van der Waals surface area contributed by atoms with Gasteiger partial charge in [-0.05, 0) is 17.7 Å². The first-order valence-electron chi connectivity index (χ1n) is 4.56. The van der Waals surface area contributed by atoms with Gasteiger partial charge in [0, 0.05) is 18.7 Å². The number of halogens is 2. The molecule has 2 rings (SSSR count). The maximum atomic E-state index is 11.9. The molecule has 1 heterocycles. The standard InChI is InChI=1S/C10H10F2N2O/c11-10(12)15-9-3-1-7(2-4-9)8-5-13-14-6-8/h1-5,8,10,14H,6H2. The molecule has 80 valence electrons. The normalized spacial score (nSPS) is 19.3. The van der Waals surface area contributed by atoms with Gasteiger partial charge < -0.3 is 10.2 Å². The first kappa shape index (κ1) is 9.89. The van der Waals surface area contributed by atoms with Gasteiger partial charge >= 0.3 is 6.61 Å². The summed E-state index contributed by atoms with van der Waals surface area (Å²) in [5.41, 5.74) is 3.87. The molecular formula is C10H10F2N2O. The Hall–Kier alpha value is -1.65. The molecule has 1 aliphatic rings. The van der Waals surface area contributed by atoms with Crippen molar-refractivity contribution in [3.63, 3.8) is 0 Å². The molecule has 0 spiro atoms. The number of nitrogens with one attached hydrogen (secondary N) is 1. The van der Waals surface area contributed by atoms with Crippen molar-refractivity contribution in [1.29, 1.82) is 0 Å². The maximum Gasteiger partial charge on any atom is 0.387 e. The monoisotopic (exact) mass is 212 g/mol. The van der Waals surface area contributed by atoms with E-state index in [2.05, 4.69) is 15.3 Å². The van der Waals surface area contributed by atoms with Crippen LogP contribution in [0.1, 0.15) is 11.5 Å². The first-order chi connectivity index (χ1) is 7.25. The van der Waals surface area contributed by atoms with Crippen molar-refractivity contribution in [1.82, 2.24) is 5.43 Å². The third-order valence-corrected chi connectivity index (χ3v) is 2.19. The summed E-state index contributed by atoms with van der Waals surface area (Å²) in [6.07, 6.45) is 1.79. The quantitative estimate of drug-likeness (QED) is 0.830. The van der Waals surface area contributed by atoms with Crippen molar-refractivity contribution in [3.05, 3.63) is 29.8 Å². The van der Waals surface area contributed by atoms with Gasteiger partial charge in [0.2, 0.25) is 0 Å². The van der Waals surface area contributed by atoms with E-state index in [4.69, 9.17) is 0 Å². The van der Waals surface area contributed by atoms with E-state index in [0.29, 0.717) is 0 Å². The predicted octanol–water partition coefficient (Wildman–Crippen LogP) is 1.96. The molecule has 0 amide bonds. The van der Waals surface area contributed by atoms with Gasteiger partial charge in [-0.2, -0.15) is 13.9 Å². The van der Waals surface area contributed by atoms with Crippen LogP contribution in [0, 0.1) is 0 Å². The molecule has 0 aromatic heterocycles. The summed E-state index contributed by atoms with van der Waals surface area (Å²) < 4.78 is 28.0. The molecule has 0 bridgehead atoms. The summed E-state index contributed by atoms with van der Waals surface area (Å²) >= 11 is 0. The summed E-state index contributed by atoms with van der Waals surface area (Å²) in [7, 11) is 0. The Balaban J connectivity index is 2.06. The van der Waals surface area contributed by atoms with Gasteiger partial charge in [-0.15, -0.1) is 0 Å². The van der Waals surface area contributed by atoms with Crippen molar-refractivity contribution in [2.24, 2.45) is 5.10 Å². The lowest BCUT2D eigenvalue weighted by Crippen LogP contribution is -2.08. The van der Waals surface area contributed by atoms with Crippen LogP contribution < -0.4 is 10.2 Å². The number of alkyl halides is 2. The van der Waals surface area contributed by atoms with Crippen molar-refractivity contribution in [2.75, 3.05) is 6.54 Å². The van der Waals surface area contributed by atoms with Crippen LogP contribution in [0.25, 0.3) is 0 Å². The van der Waals surface area contributed by atoms with E-state index in [-0.39, 0.29) is 11.7 Å². The van der Waals surface area contributed by atoms with Gasteiger partial charge in [-0.3, -0.25) is 0 Å². The van der Waals surface area contributed by atoms with Crippen molar-refractivity contribution >= 4 is 6.21 Å². The van der Waals surface area contributed by atoms with Crippen molar-refractivity contribution < 1.29 is 13.5 Å². The molecule has 0 saturated heterocycles. The fraction of sp³-hybridized carbons (Fsp3) is 0.300. The van der Waals surface area contributed by atoms with Crippen molar-refractivity contribution in [2.45, 2.75) is 12.5 Å². The average Bonchev–Trinajstić information content (AvgIpc) is 2.71. The molecule has 1 atom stereocenters. The number of benzene rings is 1. The molecule has 0 aliphatic carbocycles. The predicted molar refractivity (Wildman–Crippen MR) is 52.3 cm³/mol. The minimum absolute atomic E-state index is 0.177. The molecule has 1 aromatic carbocycles. The molecule has 0 fully saturated rings. The minimum atomic E-state index is -2.77. The summed E-state index contributed by atoms with van der Waals surface area (Å²) in [5, 5.41) is 3.89. The molecule has 0 radical (unpaired) electrons. The van der Waals surface area contributed by atoms with Gasteiger partial charge in [0.05, 0.1) is 0 Å². The van der Waals surface area contributed by atoms with Crippen LogP contribution in [0.4, 0.5) is 8.78 Å². The highest BCUT2D eigenvalue weighted by atomic mass is 19.3. The summed E-state index contributed by atoms with van der Waals surface area (Å²) in [5.74, 6) is 0.391. The molecule has 3 nitrogen and oxygen atoms in total. The Kier molecular flexibility index (Phi) is 2.80. The van der Waals surface area contributed by atoms with Gasteiger partial charge in [-0.1, -0.05) is 12.1 Å². The second-order valence-electron chi connectivity index (χ2n) is 3.19. The fourth-order valence-corrected chi connectivity index (χ4v) is 1.45.